The molecule has 0 fully saturated rings. The van der Waals surface area contributed by atoms with Crippen molar-refractivity contribution in [2.75, 3.05) is 5.32 Å². The third kappa shape index (κ3) is 2.43. The summed E-state index contributed by atoms with van der Waals surface area (Å²) in [5, 5.41) is 3.72. The lowest BCUT2D eigenvalue weighted by molar-refractivity contribution is 0.608. The Balaban J connectivity index is 1.88. The highest BCUT2D eigenvalue weighted by molar-refractivity contribution is 14.1. The smallest absolute Gasteiger partial charge is 0.0660 e. The summed E-state index contributed by atoms with van der Waals surface area (Å²) in [7, 11) is 0. The summed E-state index contributed by atoms with van der Waals surface area (Å²) in [6.45, 7) is 2.17. The van der Waals surface area contributed by atoms with Gasteiger partial charge in [-0.05, 0) is 72.0 Å². The number of rotatable bonds is 2. The number of benzene rings is 1. The van der Waals surface area contributed by atoms with E-state index in [0.29, 0.717) is 6.04 Å². The highest BCUT2D eigenvalue weighted by Crippen LogP contribution is 2.38. The molecule has 1 aromatic heterocycles. The molecular formula is C15H16INS. The van der Waals surface area contributed by atoms with Crippen molar-refractivity contribution >= 4 is 39.6 Å². The van der Waals surface area contributed by atoms with E-state index in [2.05, 4.69) is 65.2 Å². The number of fused-ring (bicyclic) bond motifs is 1. The van der Waals surface area contributed by atoms with Crippen molar-refractivity contribution in [2.45, 2.75) is 32.2 Å². The first kappa shape index (κ1) is 12.5. The van der Waals surface area contributed by atoms with Crippen molar-refractivity contribution in [1.82, 2.24) is 0 Å². The number of hydrogen-bond acceptors (Lipinski definition) is 2. The minimum atomic E-state index is 0.495. The van der Waals surface area contributed by atoms with E-state index < -0.39 is 0 Å². The maximum Gasteiger partial charge on any atom is 0.0660 e. The van der Waals surface area contributed by atoms with Gasteiger partial charge in [-0.3, -0.25) is 0 Å². The first-order valence-corrected chi connectivity index (χ1v) is 8.24. The van der Waals surface area contributed by atoms with E-state index >= 15 is 0 Å². The van der Waals surface area contributed by atoms with Crippen LogP contribution in [0.1, 0.15) is 34.9 Å². The van der Waals surface area contributed by atoms with Crippen LogP contribution in [-0.4, -0.2) is 0 Å². The molecule has 1 aliphatic rings. The van der Waals surface area contributed by atoms with Crippen molar-refractivity contribution in [3.05, 3.63) is 49.2 Å². The van der Waals surface area contributed by atoms with Gasteiger partial charge in [0.2, 0.25) is 0 Å². The van der Waals surface area contributed by atoms with Crippen LogP contribution in [0.5, 0.6) is 0 Å². The number of para-hydroxylation sites is 1. The molecule has 0 aliphatic heterocycles. The van der Waals surface area contributed by atoms with Gasteiger partial charge in [0.25, 0.3) is 0 Å². The standard InChI is InChI=1S/C15H16INS/c1-10-5-2-3-6-12(10)17-13-7-4-8-14-11(13)9-15(16)18-14/h2-3,5-6,9,13,17H,4,7-8H2,1H3. The van der Waals surface area contributed by atoms with Gasteiger partial charge in [0, 0.05) is 10.6 Å². The van der Waals surface area contributed by atoms with Crippen LogP contribution in [0, 0.1) is 9.81 Å². The van der Waals surface area contributed by atoms with E-state index in [1.54, 1.807) is 4.88 Å². The highest BCUT2D eigenvalue weighted by Gasteiger charge is 2.22. The molecule has 1 nitrogen and oxygen atoms in total. The highest BCUT2D eigenvalue weighted by atomic mass is 127. The van der Waals surface area contributed by atoms with Crippen LogP contribution in [-0.2, 0) is 6.42 Å². The van der Waals surface area contributed by atoms with Crippen molar-refractivity contribution in [2.24, 2.45) is 0 Å². The van der Waals surface area contributed by atoms with Crippen molar-refractivity contribution in [3.8, 4) is 0 Å². The van der Waals surface area contributed by atoms with Crippen LogP contribution >= 0.6 is 33.9 Å². The molecule has 0 saturated carbocycles. The van der Waals surface area contributed by atoms with E-state index in [4.69, 9.17) is 0 Å². The zero-order valence-corrected chi connectivity index (χ0v) is 13.3. The molecule has 1 aromatic carbocycles. The monoisotopic (exact) mass is 369 g/mol. The molecule has 3 rings (SSSR count). The van der Waals surface area contributed by atoms with Crippen LogP contribution in [0.15, 0.2) is 30.3 Å². The molecule has 0 amide bonds. The third-order valence-corrected chi connectivity index (χ3v) is 5.53. The summed E-state index contributed by atoms with van der Waals surface area (Å²) in [6, 6.07) is 11.4. The molecule has 2 aromatic rings. The topological polar surface area (TPSA) is 12.0 Å². The molecule has 3 heteroatoms. The molecule has 0 radical (unpaired) electrons. The van der Waals surface area contributed by atoms with Crippen molar-refractivity contribution < 1.29 is 0 Å². The molecule has 1 heterocycles. The second-order valence-electron chi connectivity index (χ2n) is 4.83. The fraction of sp³-hybridized carbons (Fsp3) is 0.333. The van der Waals surface area contributed by atoms with Crippen molar-refractivity contribution in [1.29, 1.82) is 0 Å². The number of halogens is 1. The quantitative estimate of drug-likeness (QED) is 0.722. The average Bonchev–Trinajstić information content (AvgIpc) is 2.73. The van der Waals surface area contributed by atoms with Crippen LogP contribution in [0.25, 0.3) is 0 Å². The Labute approximate surface area is 126 Å². The van der Waals surface area contributed by atoms with E-state index in [9.17, 15) is 0 Å². The predicted molar refractivity (Wildman–Crippen MR) is 87.5 cm³/mol. The van der Waals surface area contributed by atoms with E-state index in [1.807, 2.05) is 11.3 Å². The van der Waals surface area contributed by atoms with Crippen LogP contribution in [0.4, 0.5) is 5.69 Å². The fourth-order valence-corrected chi connectivity index (χ4v) is 4.71. The fourth-order valence-electron chi connectivity index (χ4n) is 2.59. The van der Waals surface area contributed by atoms with Gasteiger partial charge in [0.15, 0.2) is 0 Å². The maximum absolute atomic E-state index is 3.72. The van der Waals surface area contributed by atoms with E-state index in [0.717, 1.165) is 0 Å². The van der Waals surface area contributed by atoms with Crippen LogP contribution < -0.4 is 5.32 Å². The lowest BCUT2D eigenvalue weighted by Gasteiger charge is -2.25. The average molecular weight is 369 g/mol. The van der Waals surface area contributed by atoms with Crippen molar-refractivity contribution in [3.63, 3.8) is 0 Å². The Bertz CT molecular complexity index is 561. The molecule has 94 valence electrons. The normalized spacial score (nSPS) is 18.4. The Morgan fingerprint density at radius 2 is 2.17 bits per heavy atom. The van der Waals surface area contributed by atoms with E-state index in [-0.39, 0.29) is 0 Å². The first-order valence-electron chi connectivity index (χ1n) is 6.34. The molecule has 1 atom stereocenters. The first-order chi connectivity index (χ1) is 8.74. The lowest BCUT2D eigenvalue weighted by atomic mass is 9.93. The summed E-state index contributed by atoms with van der Waals surface area (Å²) < 4.78 is 1.41. The predicted octanol–water partition coefficient (Wildman–Crippen LogP) is 5.15. The number of aryl methyl sites for hydroxylation is 2. The zero-order chi connectivity index (χ0) is 12.5. The van der Waals surface area contributed by atoms with Gasteiger partial charge < -0.3 is 5.32 Å². The van der Waals surface area contributed by atoms with Gasteiger partial charge in [0.05, 0.1) is 8.93 Å². The molecule has 18 heavy (non-hydrogen) atoms. The summed E-state index contributed by atoms with van der Waals surface area (Å²) in [5.74, 6) is 0. The number of nitrogens with one attached hydrogen (secondary N) is 1. The minimum Gasteiger partial charge on any atom is -0.378 e. The molecule has 0 bridgehead atoms. The van der Waals surface area contributed by atoms with Crippen LogP contribution in [0.3, 0.4) is 0 Å². The van der Waals surface area contributed by atoms with Crippen LogP contribution in [0.2, 0.25) is 0 Å². The SMILES string of the molecule is Cc1ccccc1NC1CCCc2sc(I)cc21. The summed E-state index contributed by atoms with van der Waals surface area (Å²) in [4.78, 5) is 1.58. The molecule has 1 aliphatic carbocycles. The summed E-state index contributed by atoms with van der Waals surface area (Å²) in [6.07, 6.45) is 3.80. The van der Waals surface area contributed by atoms with Gasteiger partial charge in [-0.15, -0.1) is 11.3 Å². The minimum absolute atomic E-state index is 0.495. The van der Waals surface area contributed by atoms with Gasteiger partial charge in [0.1, 0.15) is 0 Å². The second kappa shape index (κ2) is 5.21. The third-order valence-electron chi connectivity index (χ3n) is 3.56. The second-order valence-corrected chi connectivity index (χ2v) is 7.86. The van der Waals surface area contributed by atoms with Gasteiger partial charge in [-0.25, -0.2) is 0 Å². The van der Waals surface area contributed by atoms with E-state index in [1.165, 1.54) is 39.0 Å². The zero-order valence-electron chi connectivity index (χ0n) is 10.4. The molecule has 0 spiro atoms. The Morgan fingerprint density at radius 1 is 1.33 bits per heavy atom. The van der Waals surface area contributed by atoms with Gasteiger partial charge in [-0.1, -0.05) is 18.2 Å². The molecule has 1 unspecified atom stereocenters. The molecular weight excluding hydrogens is 353 g/mol. The molecule has 0 saturated heterocycles. The van der Waals surface area contributed by atoms with Gasteiger partial charge >= 0.3 is 0 Å². The van der Waals surface area contributed by atoms with Gasteiger partial charge in [-0.2, -0.15) is 0 Å². The number of thiophene rings is 1. The Kier molecular flexibility index (Phi) is 3.61. The Hall–Kier alpha value is -0.550. The lowest BCUT2D eigenvalue weighted by Crippen LogP contribution is -2.16. The number of anilines is 1. The summed E-state index contributed by atoms with van der Waals surface area (Å²) in [5.41, 5.74) is 4.13. The number of hydrogen-bond donors (Lipinski definition) is 1. The Morgan fingerprint density at radius 3 is 3.00 bits per heavy atom. The largest absolute Gasteiger partial charge is 0.378 e. The molecule has 1 N–H and O–H groups in total. The summed E-state index contributed by atoms with van der Waals surface area (Å²) >= 11 is 4.39. The maximum atomic E-state index is 3.72.